The molecule has 3 heterocycles. The highest BCUT2D eigenvalue weighted by atomic mass is 19.1. The van der Waals surface area contributed by atoms with E-state index in [1.807, 2.05) is 9.47 Å². The number of anilines is 1. The molecule has 0 amide bonds. The zero-order valence-corrected chi connectivity index (χ0v) is 17.3. The number of nitrogens with zero attached hydrogens (tertiary/aromatic N) is 2. The quantitative estimate of drug-likeness (QED) is 0.710. The number of fused-ring (bicyclic) bond motifs is 5. The zero-order valence-electron chi connectivity index (χ0n) is 17.3. The van der Waals surface area contributed by atoms with Crippen molar-refractivity contribution in [1.82, 2.24) is 4.57 Å². The number of hydrogen-bond acceptors (Lipinski definition) is 7. The van der Waals surface area contributed by atoms with E-state index in [0.717, 1.165) is 12.8 Å². The van der Waals surface area contributed by atoms with Crippen LogP contribution in [0.5, 0.6) is 5.75 Å². The number of rotatable bonds is 4. The van der Waals surface area contributed by atoms with Gasteiger partial charge in [0.2, 0.25) is 5.43 Å². The number of aromatic nitrogens is 1. The van der Waals surface area contributed by atoms with Crippen LogP contribution >= 0.6 is 0 Å². The lowest BCUT2D eigenvalue weighted by atomic mass is 9.86. The van der Waals surface area contributed by atoms with Crippen molar-refractivity contribution in [3.05, 3.63) is 33.9 Å². The van der Waals surface area contributed by atoms with Crippen LogP contribution in [-0.4, -0.2) is 58.8 Å². The molecule has 1 aliphatic carbocycles. The fourth-order valence-electron chi connectivity index (χ4n) is 4.77. The molecule has 2 aromatic rings. The van der Waals surface area contributed by atoms with E-state index in [2.05, 4.69) is 0 Å². The number of ether oxygens (including phenoxy) is 2. The first-order chi connectivity index (χ1) is 14.9. The van der Waals surface area contributed by atoms with Crippen molar-refractivity contribution in [2.24, 2.45) is 0 Å². The summed E-state index contributed by atoms with van der Waals surface area (Å²) >= 11 is 0. The van der Waals surface area contributed by atoms with Crippen LogP contribution in [0.2, 0.25) is 0 Å². The van der Waals surface area contributed by atoms with E-state index in [9.17, 15) is 19.8 Å². The van der Waals surface area contributed by atoms with Crippen molar-refractivity contribution in [3.8, 4) is 5.75 Å². The first-order valence-corrected chi connectivity index (χ1v) is 10.7. The van der Waals surface area contributed by atoms with Crippen LogP contribution in [0.25, 0.3) is 10.9 Å². The smallest absolute Gasteiger partial charge is 0.343 e. The minimum absolute atomic E-state index is 0.0935. The summed E-state index contributed by atoms with van der Waals surface area (Å²) in [4.78, 5) is 27.3. The fourth-order valence-corrected chi connectivity index (χ4v) is 4.77. The van der Waals surface area contributed by atoms with Gasteiger partial charge in [-0.1, -0.05) is 0 Å². The van der Waals surface area contributed by atoms with Gasteiger partial charge in [-0.25, -0.2) is 9.18 Å². The lowest BCUT2D eigenvalue weighted by molar-refractivity contribution is -0.0470. The Hall–Kier alpha value is -2.65. The molecule has 1 aromatic heterocycles. The predicted octanol–water partition coefficient (Wildman–Crippen LogP) is 1.74. The van der Waals surface area contributed by atoms with E-state index in [4.69, 9.17) is 9.47 Å². The molecule has 0 unspecified atom stereocenters. The summed E-state index contributed by atoms with van der Waals surface area (Å²) in [6.45, 7) is 2.00. The molecule has 5 rings (SSSR count). The summed E-state index contributed by atoms with van der Waals surface area (Å²) in [6.07, 6.45) is 3.85. The van der Waals surface area contributed by atoms with Crippen molar-refractivity contribution < 1.29 is 28.9 Å². The summed E-state index contributed by atoms with van der Waals surface area (Å²) in [5, 5.41) is 20.1. The van der Waals surface area contributed by atoms with Crippen LogP contribution in [0.4, 0.5) is 10.1 Å². The molecule has 0 radical (unpaired) electrons. The second-order valence-electron chi connectivity index (χ2n) is 8.66. The second kappa shape index (κ2) is 7.20. The van der Waals surface area contributed by atoms with Gasteiger partial charge in [-0.3, -0.25) is 4.79 Å². The maximum Gasteiger partial charge on any atom is 0.343 e. The second-order valence-corrected chi connectivity index (χ2v) is 8.66. The third-order valence-electron chi connectivity index (χ3n) is 6.51. The number of aliphatic hydroxyl groups is 2. The van der Waals surface area contributed by atoms with Gasteiger partial charge < -0.3 is 29.2 Å². The lowest BCUT2D eigenvalue weighted by Crippen LogP contribution is -2.56. The van der Waals surface area contributed by atoms with E-state index in [1.54, 1.807) is 6.92 Å². The van der Waals surface area contributed by atoms with Crippen LogP contribution in [0.1, 0.15) is 49.0 Å². The SMILES string of the molecule is CCOC(=O)c1cn(C2CC2)c2c3c(c(F)cc2c1=O)N1CC[C@](O)(CO)C[C@@H]1CO3. The molecule has 2 aliphatic heterocycles. The summed E-state index contributed by atoms with van der Waals surface area (Å²) in [6, 6.07) is 0.995. The van der Waals surface area contributed by atoms with Crippen molar-refractivity contribution in [2.75, 3.05) is 31.3 Å². The van der Waals surface area contributed by atoms with E-state index in [-0.39, 0.29) is 55.0 Å². The Morgan fingerprint density at radius 2 is 2.16 bits per heavy atom. The van der Waals surface area contributed by atoms with Gasteiger partial charge in [0.1, 0.15) is 17.9 Å². The Morgan fingerprint density at radius 3 is 2.84 bits per heavy atom. The molecule has 8 nitrogen and oxygen atoms in total. The normalized spacial score (nSPS) is 25.0. The topological polar surface area (TPSA) is 101 Å². The number of aliphatic hydroxyl groups excluding tert-OH is 1. The van der Waals surface area contributed by atoms with E-state index in [0.29, 0.717) is 24.2 Å². The highest BCUT2D eigenvalue weighted by Crippen LogP contribution is 2.47. The van der Waals surface area contributed by atoms with Gasteiger partial charge in [-0.05, 0) is 32.3 Å². The van der Waals surface area contributed by atoms with E-state index >= 15 is 4.39 Å². The number of esters is 1. The van der Waals surface area contributed by atoms with Gasteiger partial charge in [0.05, 0.1) is 35.8 Å². The summed E-state index contributed by atoms with van der Waals surface area (Å²) in [5.74, 6) is -1.04. The van der Waals surface area contributed by atoms with Crippen molar-refractivity contribution in [3.63, 3.8) is 0 Å². The fraction of sp³-hybridized carbons (Fsp3) is 0.545. The number of carbonyl (C=O) groups is 1. The molecule has 1 saturated heterocycles. The van der Waals surface area contributed by atoms with E-state index < -0.39 is 22.8 Å². The number of pyridine rings is 1. The first-order valence-electron chi connectivity index (χ1n) is 10.7. The first kappa shape index (κ1) is 20.3. The number of piperidine rings is 1. The monoisotopic (exact) mass is 432 g/mol. The molecule has 3 aliphatic rings. The van der Waals surface area contributed by atoms with Crippen molar-refractivity contribution in [2.45, 2.75) is 50.3 Å². The molecule has 31 heavy (non-hydrogen) atoms. The Balaban J connectivity index is 1.70. The van der Waals surface area contributed by atoms with Gasteiger partial charge in [-0.2, -0.15) is 0 Å². The molecule has 1 saturated carbocycles. The van der Waals surface area contributed by atoms with Crippen LogP contribution in [0, 0.1) is 5.82 Å². The van der Waals surface area contributed by atoms with Crippen LogP contribution in [0.3, 0.4) is 0 Å². The molecule has 2 atom stereocenters. The Bertz CT molecular complexity index is 1130. The van der Waals surface area contributed by atoms with Crippen LogP contribution in [0.15, 0.2) is 17.1 Å². The Labute approximate surface area is 177 Å². The summed E-state index contributed by atoms with van der Waals surface area (Å²) in [5.41, 5.74) is -1.15. The molecule has 0 bridgehead atoms. The molecule has 2 fully saturated rings. The molecule has 2 N–H and O–H groups in total. The number of benzene rings is 1. The maximum atomic E-state index is 15.4. The third kappa shape index (κ3) is 3.18. The standard InChI is InChI=1S/C22H25FN2O6/c1-2-30-21(28)15-9-25(12-3-4-12)17-14(19(15)27)7-16(23)18-20(17)31-10-13-8-22(29,11-26)5-6-24(13)18/h7,9,12-13,26,29H,2-6,8,10-11H2,1H3/t13-,22-/m1/s1. The third-order valence-corrected chi connectivity index (χ3v) is 6.51. The number of halogens is 1. The predicted molar refractivity (Wildman–Crippen MR) is 110 cm³/mol. The molecular formula is C22H25FN2O6. The van der Waals surface area contributed by atoms with Gasteiger partial charge >= 0.3 is 5.97 Å². The molecule has 1 aromatic carbocycles. The summed E-state index contributed by atoms with van der Waals surface area (Å²) < 4.78 is 28.2. The average molecular weight is 432 g/mol. The Morgan fingerprint density at radius 1 is 1.39 bits per heavy atom. The van der Waals surface area contributed by atoms with Crippen molar-refractivity contribution >= 4 is 22.6 Å². The van der Waals surface area contributed by atoms with Crippen molar-refractivity contribution in [1.29, 1.82) is 0 Å². The van der Waals surface area contributed by atoms with Gasteiger partial charge in [0.15, 0.2) is 11.6 Å². The molecule has 9 heteroatoms. The molecular weight excluding hydrogens is 407 g/mol. The molecule has 166 valence electrons. The van der Waals surface area contributed by atoms with Gasteiger partial charge in [-0.15, -0.1) is 0 Å². The highest BCUT2D eigenvalue weighted by Gasteiger charge is 2.43. The largest absolute Gasteiger partial charge is 0.487 e. The minimum Gasteiger partial charge on any atom is -0.487 e. The number of hydrogen-bond donors (Lipinski definition) is 2. The molecule has 0 spiro atoms. The maximum absolute atomic E-state index is 15.4. The lowest BCUT2D eigenvalue weighted by Gasteiger charge is -2.47. The zero-order chi connectivity index (χ0) is 21.9. The minimum atomic E-state index is -1.21. The highest BCUT2D eigenvalue weighted by molar-refractivity contribution is 5.98. The Kier molecular flexibility index (Phi) is 4.71. The van der Waals surface area contributed by atoms with Gasteiger partial charge in [0, 0.05) is 25.2 Å². The van der Waals surface area contributed by atoms with Crippen LogP contribution in [-0.2, 0) is 4.74 Å². The summed E-state index contributed by atoms with van der Waals surface area (Å²) in [7, 11) is 0. The van der Waals surface area contributed by atoms with E-state index in [1.165, 1.54) is 12.3 Å². The number of carbonyl (C=O) groups excluding carboxylic acids is 1. The average Bonchev–Trinajstić information content (AvgIpc) is 3.59. The van der Waals surface area contributed by atoms with Gasteiger partial charge in [0.25, 0.3) is 0 Å². The van der Waals surface area contributed by atoms with Crippen LogP contribution < -0.4 is 15.1 Å².